The molecular weight excluding hydrogens is 839 g/mol. The quantitative estimate of drug-likeness (QED) is 0.166. The van der Waals surface area contributed by atoms with E-state index in [0.29, 0.717) is 31.8 Å². The van der Waals surface area contributed by atoms with Gasteiger partial charge in [0, 0.05) is 57.6 Å². The molecule has 0 unspecified atom stereocenters. The molecule has 1 aliphatic carbocycles. The predicted molar refractivity (Wildman–Crippen MR) is 243 cm³/mol. The number of hydrogen-bond acceptors (Lipinski definition) is 16. The van der Waals surface area contributed by atoms with Crippen LogP contribution < -0.4 is 0 Å². The second-order valence-corrected chi connectivity index (χ2v) is 21.3. The highest BCUT2D eigenvalue weighted by Gasteiger charge is 2.52. The maximum Gasteiger partial charge on any atom is 0.311 e. The van der Waals surface area contributed by atoms with E-state index in [9.17, 15) is 30.3 Å². The molecule has 5 N–H and O–H groups in total. The van der Waals surface area contributed by atoms with Crippen LogP contribution in [0.15, 0.2) is 6.20 Å². The van der Waals surface area contributed by atoms with Crippen molar-refractivity contribution < 1.29 is 58.7 Å². The molecule has 4 heterocycles. The van der Waals surface area contributed by atoms with E-state index in [4.69, 9.17) is 28.4 Å². The standard InChI is InChI=1S/C48H87N5O12/c1-13-38-48(9,59)45(57)52(11)26-29(2)24-46(7,58)43(31(4)41(32(5)44(56)63-38)64-40-25-47(8,60-12)42(55)33(6)62-40)65-39-23-36(21-30(3)61-39)51(10)20-19-35-27-53(50-49-35)37(28-54)22-34-17-15-14-16-18-34/h27,29-34,36-43,45,54-55,57-59H,13-26,28H2,1-12H3/t29-,30-,31+,32-,33+,36+,37+,38-,39+,40+,41+,42+,43-,45+,46-,47-,48-/m1/s1. The molecule has 1 aromatic rings. The molecule has 17 nitrogen and oxygen atoms in total. The van der Waals surface area contributed by atoms with Gasteiger partial charge >= 0.3 is 5.97 Å². The Morgan fingerprint density at radius 1 is 0.985 bits per heavy atom. The van der Waals surface area contributed by atoms with Crippen LogP contribution in [0.5, 0.6) is 0 Å². The Morgan fingerprint density at radius 3 is 2.32 bits per heavy atom. The number of ether oxygens (including phenoxy) is 6. The highest BCUT2D eigenvalue weighted by atomic mass is 16.7. The minimum atomic E-state index is -1.83. The molecule has 4 fully saturated rings. The van der Waals surface area contributed by atoms with Crippen LogP contribution in [0, 0.1) is 23.7 Å². The SMILES string of the molecule is CC[C@H]1OC(=O)[C@H](C)[C@@H](O[C@H]2C[C@@](C)(OC)[C@@H](O)[C@H](C)O2)[C@H](C)[C@@H](O[C@H]2C[C@@H](N(C)CCc3cn([C@H](CO)CC4CCCCC4)nn3)C[C@@H](C)O2)[C@](C)(O)C[C@@H](C)CN(C)[C@@H](O)[C@]1(C)O. The van der Waals surface area contributed by atoms with Crippen LogP contribution in [-0.4, -0.2) is 175 Å². The van der Waals surface area contributed by atoms with Gasteiger partial charge in [-0.2, -0.15) is 0 Å². The van der Waals surface area contributed by atoms with Crippen molar-refractivity contribution in [2.45, 2.75) is 224 Å². The fraction of sp³-hybridized carbons (Fsp3) is 0.938. The number of methoxy groups -OCH3 is 1. The number of carbonyl (C=O) groups is 1. The van der Waals surface area contributed by atoms with Crippen molar-refractivity contribution in [3.05, 3.63) is 11.9 Å². The lowest BCUT2D eigenvalue weighted by Crippen LogP contribution is -2.60. The summed E-state index contributed by atoms with van der Waals surface area (Å²) in [6, 6.07) is -0.00954. The smallest absolute Gasteiger partial charge is 0.311 e. The minimum Gasteiger partial charge on any atom is -0.459 e. The normalized spacial score (nSPS) is 41.8. The van der Waals surface area contributed by atoms with E-state index in [1.165, 1.54) is 46.1 Å². The van der Waals surface area contributed by atoms with Crippen LogP contribution in [0.4, 0.5) is 0 Å². The minimum absolute atomic E-state index is 0.0372. The number of carbonyl (C=O) groups excluding carboxylic acids is 1. The van der Waals surface area contributed by atoms with E-state index in [1.807, 2.05) is 31.6 Å². The van der Waals surface area contributed by atoms with E-state index < -0.39 is 83.9 Å². The average Bonchev–Trinajstić information content (AvgIpc) is 3.74. The molecule has 376 valence electrons. The fourth-order valence-electron chi connectivity index (χ4n) is 11.4. The lowest BCUT2D eigenvalue weighted by molar-refractivity contribution is -0.309. The Kier molecular flexibility index (Phi) is 19.3. The first-order valence-corrected chi connectivity index (χ1v) is 24.6. The number of hydrogen-bond donors (Lipinski definition) is 5. The van der Waals surface area contributed by atoms with Crippen LogP contribution in [0.25, 0.3) is 0 Å². The van der Waals surface area contributed by atoms with Crippen molar-refractivity contribution in [2.75, 3.05) is 40.9 Å². The van der Waals surface area contributed by atoms with Crippen molar-refractivity contribution in [2.24, 2.45) is 23.7 Å². The first kappa shape index (κ1) is 54.1. The number of nitrogens with zero attached hydrogens (tertiary/aromatic N) is 5. The Hall–Kier alpha value is -1.87. The molecule has 1 aromatic heterocycles. The second kappa shape index (κ2) is 23.2. The molecule has 4 aliphatic rings. The molecule has 65 heavy (non-hydrogen) atoms. The van der Waals surface area contributed by atoms with E-state index in [0.717, 1.165) is 18.5 Å². The summed E-state index contributed by atoms with van der Waals surface area (Å²) in [5, 5.41) is 66.1. The molecule has 1 saturated carbocycles. The van der Waals surface area contributed by atoms with E-state index >= 15 is 0 Å². The van der Waals surface area contributed by atoms with Gasteiger partial charge in [-0.3, -0.25) is 9.69 Å². The van der Waals surface area contributed by atoms with Crippen LogP contribution >= 0.6 is 0 Å². The zero-order valence-electron chi connectivity index (χ0n) is 41.7. The number of rotatable bonds is 14. The number of aromatic nitrogens is 3. The predicted octanol–water partition coefficient (Wildman–Crippen LogP) is 4.21. The number of aliphatic hydroxyl groups excluding tert-OH is 3. The van der Waals surface area contributed by atoms with Crippen molar-refractivity contribution in [3.63, 3.8) is 0 Å². The first-order chi connectivity index (χ1) is 30.5. The maximum absolute atomic E-state index is 14.3. The lowest BCUT2D eigenvalue weighted by atomic mass is 9.77. The molecule has 17 heteroatoms. The Morgan fingerprint density at radius 2 is 1.68 bits per heavy atom. The molecule has 0 aromatic carbocycles. The molecular formula is C48H87N5O12. The summed E-state index contributed by atoms with van der Waals surface area (Å²) in [6.45, 7) is 17.1. The van der Waals surface area contributed by atoms with Gasteiger partial charge in [-0.25, -0.2) is 4.68 Å². The fourth-order valence-corrected chi connectivity index (χ4v) is 11.4. The van der Waals surface area contributed by atoms with Gasteiger partial charge in [0.2, 0.25) is 0 Å². The summed E-state index contributed by atoms with van der Waals surface area (Å²) in [6.07, 6.45) is 3.89. The van der Waals surface area contributed by atoms with Crippen molar-refractivity contribution in [3.8, 4) is 0 Å². The number of cyclic esters (lactones) is 1. The van der Waals surface area contributed by atoms with Gasteiger partial charge in [0.15, 0.2) is 12.6 Å². The van der Waals surface area contributed by atoms with Gasteiger partial charge in [-0.15, -0.1) is 5.10 Å². The Labute approximate surface area is 388 Å². The van der Waals surface area contributed by atoms with Gasteiger partial charge in [0.25, 0.3) is 0 Å². The van der Waals surface area contributed by atoms with Gasteiger partial charge in [-0.1, -0.05) is 58.1 Å². The number of aliphatic hydroxyl groups is 5. The van der Waals surface area contributed by atoms with E-state index in [-0.39, 0.29) is 50.0 Å². The number of likely N-dealkylation sites (N-methyl/N-ethyl adjacent to an activating group) is 2. The zero-order valence-corrected chi connectivity index (χ0v) is 41.7. The summed E-state index contributed by atoms with van der Waals surface area (Å²) < 4.78 is 40.3. The second-order valence-electron chi connectivity index (χ2n) is 21.3. The largest absolute Gasteiger partial charge is 0.459 e. The summed E-state index contributed by atoms with van der Waals surface area (Å²) in [5.41, 5.74) is -3.49. The highest BCUT2D eigenvalue weighted by molar-refractivity contribution is 5.73. The van der Waals surface area contributed by atoms with Crippen LogP contribution in [0.1, 0.15) is 145 Å². The lowest BCUT2D eigenvalue weighted by Gasteiger charge is -2.48. The van der Waals surface area contributed by atoms with Gasteiger partial charge in [0.05, 0.1) is 59.9 Å². The van der Waals surface area contributed by atoms with E-state index in [2.05, 4.69) is 22.3 Å². The summed E-state index contributed by atoms with van der Waals surface area (Å²) in [4.78, 5) is 18.2. The molecule has 0 radical (unpaired) electrons. The van der Waals surface area contributed by atoms with Gasteiger partial charge < -0.3 is 58.9 Å². The number of esters is 1. The topological polar surface area (TPSA) is 211 Å². The first-order valence-electron chi connectivity index (χ1n) is 24.6. The van der Waals surface area contributed by atoms with Crippen LogP contribution in [0.3, 0.4) is 0 Å². The summed E-state index contributed by atoms with van der Waals surface area (Å²) in [5.74, 6) is -1.90. The zero-order chi connectivity index (χ0) is 48.0. The van der Waals surface area contributed by atoms with E-state index in [1.54, 1.807) is 46.6 Å². The average molecular weight is 926 g/mol. The summed E-state index contributed by atoms with van der Waals surface area (Å²) in [7, 11) is 5.31. The third-order valence-electron chi connectivity index (χ3n) is 15.4. The molecule has 0 bridgehead atoms. The molecule has 17 atom stereocenters. The molecule has 5 rings (SSSR count). The monoisotopic (exact) mass is 926 g/mol. The van der Waals surface area contributed by atoms with Crippen molar-refractivity contribution >= 4 is 5.97 Å². The third kappa shape index (κ3) is 13.5. The molecule has 3 aliphatic heterocycles. The molecule has 3 saturated heterocycles. The Balaban J connectivity index is 1.40. The van der Waals surface area contributed by atoms with Crippen molar-refractivity contribution in [1.29, 1.82) is 0 Å². The van der Waals surface area contributed by atoms with Gasteiger partial charge in [0.1, 0.15) is 24.0 Å². The van der Waals surface area contributed by atoms with Gasteiger partial charge in [-0.05, 0) is 93.2 Å². The third-order valence-corrected chi connectivity index (χ3v) is 15.4. The maximum atomic E-state index is 14.3. The highest BCUT2D eigenvalue weighted by Crippen LogP contribution is 2.40. The molecule has 0 spiro atoms. The van der Waals surface area contributed by atoms with Crippen LogP contribution in [0.2, 0.25) is 0 Å². The summed E-state index contributed by atoms with van der Waals surface area (Å²) >= 11 is 0. The van der Waals surface area contributed by atoms with Crippen LogP contribution in [-0.2, 0) is 39.6 Å². The molecule has 0 amide bonds. The van der Waals surface area contributed by atoms with Crippen molar-refractivity contribution in [1.82, 2.24) is 24.8 Å². The Bertz CT molecular complexity index is 1610.